The first-order chi connectivity index (χ1) is 14.1. The minimum atomic E-state index is -4.57. The second-order valence-electron chi connectivity index (χ2n) is 6.38. The van der Waals surface area contributed by atoms with Crippen LogP contribution >= 0.6 is 35.0 Å². The average molecular weight is 472 g/mol. The fraction of sp³-hybridized carbons (Fsp3) is 0.105. The number of carbonyl (C=O) groups excluding carboxylic acids is 2. The number of hydrogen-bond acceptors (Lipinski definition) is 4. The molecule has 2 aromatic carbocycles. The van der Waals surface area contributed by atoms with E-state index in [1.165, 1.54) is 22.9 Å². The summed E-state index contributed by atoms with van der Waals surface area (Å²) in [6.07, 6.45) is -3.04. The SMILES string of the molecule is O=C1NC(=O)C(=Cc2ccc3c(c2)c(Cl)nn3Cc2ccc(Cl)cc2C(F)(F)F)S1. The van der Waals surface area contributed by atoms with Gasteiger partial charge in [-0.15, -0.1) is 0 Å². The third-order valence-corrected chi connectivity index (χ3v) is 5.69. The van der Waals surface area contributed by atoms with Gasteiger partial charge in [-0.1, -0.05) is 35.3 Å². The monoisotopic (exact) mass is 471 g/mol. The standard InChI is InChI=1S/C19H10Cl2F3N3O2S/c20-11-3-2-10(13(7-11)19(22,23)24)8-27-14-4-1-9(5-12(14)16(21)26-27)6-15-17(28)25-18(29)30-15/h1-7H,8H2,(H,25,28,29). The van der Waals surface area contributed by atoms with Gasteiger partial charge in [0.1, 0.15) is 0 Å². The van der Waals surface area contributed by atoms with Gasteiger partial charge in [-0.05, 0) is 53.2 Å². The molecule has 5 nitrogen and oxygen atoms in total. The van der Waals surface area contributed by atoms with Crippen LogP contribution in [0.5, 0.6) is 0 Å². The molecular weight excluding hydrogens is 462 g/mol. The summed E-state index contributed by atoms with van der Waals surface area (Å²) in [4.78, 5) is 23.2. The lowest BCUT2D eigenvalue weighted by Crippen LogP contribution is -2.17. The maximum absolute atomic E-state index is 13.4. The highest BCUT2D eigenvalue weighted by Crippen LogP contribution is 2.35. The van der Waals surface area contributed by atoms with Gasteiger partial charge in [-0.25, -0.2) is 0 Å². The molecule has 11 heteroatoms. The van der Waals surface area contributed by atoms with Gasteiger partial charge in [0, 0.05) is 10.4 Å². The summed E-state index contributed by atoms with van der Waals surface area (Å²) in [5, 5.41) is 6.45. The van der Waals surface area contributed by atoms with Crippen LogP contribution in [-0.2, 0) is 17.5 Å². The number of amides is 2. The van der Waals surface area contributed by atoms with Crippen molar-refractivity contribution in [2.75, 3.05) is 0 Å². The average Bonchev–Trinajstić information content (AvgIpc) is 3.14. The van der Waals surface area contributed by atoms with Gasteiger partial charge in [0.15, 0.2) is 5.15 Å². The first kappa shape index (κ1) is 20.8. The van der Waals surface area contributed by atoms with Crippen LogP contribution in [0, 0.1) is 0 Å². The van der Waals surface area contributed by atoms with Crippen molar-refractivity contribution in [2.45, 2.75) is 12.7 Å². The molecule has 0 bridgehead atoms. The van der Waals surface area contributed by atoms with E-state index in [1.807, 2.05) is 0 Å². The van der Waals surface area contributed by atoms with Crippen molar-refractivity contribution in [3.05, 3.63) is 68.2 Å². The smallest absolute Gasteiger partial charge is 0.282 e. The number of fused-ring (bicyclic) bond motifs is 1. The summed E-state index contributed by atoms with van der Waals surface area (Å²) in [6.45, 7) is -0.164. The Balaban J connectivity index is 1.72. The summed E-state index contributed by atoms with van der Waals surface area (Å²) in [5.74, 6) is -0.491. The van der Waals surface area contributed by atoms with E-state index in [0.29, 0.717) is 16.5 Å². The maximum atomic E-state index is 13.4. The molecule has 2 amide bonds. The molecule has 1 saturated heterocycles. The van der Waals surface area contributed by atoms with Crippen molar-refractivity contribution in [3.63, 3.8) is 0 Å². The Morgan fingerprint density at radius 1 is 1.13 bits per heavy atom. The Bertz CT molecular complexity index is 1240. The van der Waals surface area contributed by atoms with E-state index >= 15 is 0 Å². The van der Waals surface area contributed by atoms with E-state index in [-0.39, 0.29) is 27.2 Å². The van der Waals surface area contributed by atoms with E-state index in [9.17, 15) is 22.8 Å². The molecule has 0 unspecified atom stereocenters. The maximum Gasteiger partial charge on any atom is 0.416 e. The second kappa shape index (κ2) is 7.64. The van der Waals surface area contributed by atoms with E-state index in [4.69, 9.17) is 23.2 Å². The quantitative estimate of drug-likeness (QED) is 0.495. The highest BCUT2D eigenvalue weighted by atomic mass is 35.5. The van der Waals surface area contributed by atoms with Gasteiger partial charge in [0.05, 0.1) is 22.5 Å². The number of halogens is 5. The zero-order valence-corrected chi connectivity index (χ0v) is 17.1. The Hall–Kier alpha value is -2.49. The first-order valence-electron chi connectivity index (χ1n) is 8.38. The molecule has 0 saturated carbocycles. The zero-order chi connectivity index (χ0) is 21.6. The van der Waals surface area contributed by atoms with Gasteiger partial charge in [-0.3, -0.25) is 19.6 Å². The lowest BCUT2D eigenvalue weighted by Gasteiger charge is -2.13. The van der Waals surface area contributed by atoms with Crippen LogP contribution in [0.3, 0.4) is 0 Å². The molecule has 4 rings (SSSR count). The fourth-order valence-corrected chi connectivity index (χ4v) is 4.15. The zero-order valence-electron chi connectivity index (χ0n) is 14.8. The lowest BCUT2D eigenvalue weighted by atomic mass is 10.1. The van der Waals surface area contributed by atoms with E-state index < -0.39 is 22.9 Å². The van der Waals surface area contributed by atoms with Crippen molar-refractivity contribution < 1.29 is 22.8 Å². The molecular formula is C19H10Cl2F3N3O2S. The molecule has 0 radical (unpaired) electrons. The minimum absolute atomic E-state index is 0.00306. The number of carbonyl (C=O) groups is 2. The van der Waals surface area contributed by atoms with Gasteiger partial charge in [0.25, 0.3) is 11.1 Å². The summed E-state index contributed by atoms with van der Waals surface area (Å²) < 4.78 is 41.5. The van der Waals surface area contributed by atoms with E-state index in [1.54, 1.807) is 18.2 Å². The number of thioether (sulfide) groups is 1. The number of rotatable bonds is 3. The molecule has 2 heterocycles. The predicted molar refractivity (Wildman–Crippen MR) is 109 cm³/mol. The minimum Gasteiger partial charge on any atom is -0.282 e. The fourth-order valence-electron chi connectivity index (χ4n) is 3.05. The summed E-state index contributed by atoms with van der Waals surface area (Å²) >= 11 is 12.7. The van der Waals surface area contributed by atoms with E-state index in [0.717, 1.165) is 17.8 Å². The number of benzene rings is 2. The summed E-state index contributed by atoms with van der Waals surface area (Å²) in [7, 11) is 0. The van der Waals surface area contributed by atoms with Crippen molar-refractivity contribution in [1.82, 2.24) is 15.1 Å². The molecule has 0 atom stereocenters. The number of nitrogens with zero attached hydrogens (tertiary/aromatic N) is 2. The van der Waals surface area contributed by atoms with Crippen LogP contribution in [0.15, 0.2) is 41.3 Å². The molecule has 1 aromatic heterocycles. The normalized spacial score (nSPS) is 16.0. The molecule has 1 N–H and O–H groups in total. The van der Waals surface area contributed by atoms with E-state index in [2.05, 4.69) is 10.4 Å². The van der Waals surface area contributed by atoms with Gasteiger partial charge in [-0.2, -0.15) is 18.3 Å². The summed E-state index contributed by atoms with van der Waals surface area (Å²) in [6, 6.07) is 8.52. The van der Waals surface area contributed by atoms with Crippen molar-refractivity contribution in [1.29, 1.82) is 0 Å². The van der Waals surface area contributed by atoms with Crippen LogP contribution in [-0.4, -0.2) is 20.9 Å². The van der Waals surface area contributed by atoms with Crippen LogP contribution in [0.2, 0.25) is 10.2 Å². The Kier molecular flexibility index (Phi) is 5.29. The van der Waals surface area contributed by atoms with Crippen LogP contribution < -0.4 is 5.32 Å². The molecule has 1 aliphatic heterocycles. The Morgan fingerprint density at radius 2 is 1.90 bits per heavy atom. The summed E-state index contributed by atoms with van der Waals surface area (Å²) in [5.41, 5.74) is 0.269. The molecule has 1 fully saturated rings. The second-order valence-corrected chi connectivity index (χ2v) is 8.19. The van der Waals surface area contributed by atoms with Crippen molar-refractivity contribution in [2.24, 2.45) is 0 Å². The molecule has 0 aliphatic carbocycles. The molecule has 154 valence electrons. The Labute approximate surface area is 181 Å². The molecule has 30 heavy (non-hydrogen) atoms. The number of aromatic nitrogens is 2. The van der Waals surface area contributed by atoms with Crippen molar-refractivity contribution in [3.8, 4) is 0 Å². The van der Waals surface area contributed by atoms with Crippen LogP contribution in [0.4, 0.5) is 18.0 Å². The predicted octanol–water partition coefficient (Wildman–Crippen LogP) is 5.73. The van der Waals surface area contributed by atoms with Crippen LogP contribution in [0.25, 0.3) is 17.0 Å². The lowest BCUT2D eigenvalue weighted by molar-refractivity contribution is -0.138. The van der Waals surface area contributed by atoms with Gasteiger partial charge >= 0.3 is 6.18 Å². The third-order valence-electron chi connectivity index (χ3n) is 4.37. The number of alkyl halides is 3. The Morgan fingerprint density at radius 3 is 2.57 bits per heavy atom. The number of nitrogens with one attached hydrogen (secondary N) is 1. The number of hydrogen-bond donors (Lipinski definition) is 1. The van der Waals surface area contributed by atoms with Crippen LogP contribution in [0.1, 0.15) is 16.7 Å². The van der Waals surface area contributed by atoms with Crippen molar-refractivity contribution >= 4 is 63.1 Å². The third kappa shape index (κ3) is 4.05. The topological polar surface area (TPSA) is 64.0 Å². The largest absolute Gasteiger partial charge is 0.416 e. The number of imide groups is 1. The highest BCUT2D eigenvalue weighted by Gasteiger charge is 2.33. The van der Waals surface area contributed by atoms with Gasteiger partial charge in [0.2, 0.25) is 0 Å². The molecule has 3 aromatic rings. The molecule has 1 aliphatic rings. The highest BCUT2D eigenvalue weighted by molar-refractivity contribution is 8.18. The molecule has 0 spiro atoms. The van der Waals surface area contributed by atoms with Gasteiger partial charge < -0.3 is 0 Å². The first-order valence-corrected chi connectivity index (χ1v) is 9.95.